The molecule has 33 heavy (non-hydrogen) atoms. The number of methoxy groups -OCH3 is 1. The summed E-state index contributed by atoms with van der Waals surface area (Å²) in [6.07, 6.45) is 4.46. The van der Waals surface area contributed by atoms with Crippen molar-refractivity contribution in [1.82, 2.24) is 14.5 Å². The number of aromatic nitrogens is 3. The second-order valence-corrected chi connectivity index (χ2v) is 7.32. The van der Waals surface area contributed by atoms with Gasteiger partial charge < -0.3 is 19.0 Å². The molecular formula is C23H19F3N4O3. The Hall–Kier alpha value is -3.92. The summed E-state index contributed by atoms with van der Waals surface area (Å²) in [4.78, 5) is 20.7. The van der Waals surface area contributed by atoms with Gasteiger partial charge in [0, 0.05) is 24.6 Å². The SMILES string of the molecule is COCc1cn(Cc2cc(F)c(F)c(F)c2)c(Nc2cc(-c3ncco3)ccc2C)nc1=O. The highest BCUT2D eigenvalue weighted by Gasteiger charge is 2.15. The Balaban J connectivity index is 1.76. The van der Waals surface area contributed by atoms with Crippen molar-refractivity contribution in [3.63, 3.8) is 0 Å². The fourth-order valence-corrected chi connectivity index (χ4v) is 3.28. The molecule has 0 saturated heterocycles. The van der Waals surface area contributed by atoms with Gasteiger partial charge in [-0.3, -0.25) is 4.79 Å². The highest BCUT2D eigenvalue weighted by molar-refractivity contribution is 5.67. The number of rotatable bonds is 7. The van der Waals surface area contributed by atoms with Crippen LogP contribution in [0.15, 0.2) is 58.2 Å². The molecule has 0 bridgehead atoms. The van der Waals surface area contributed by atoms with Gasteiger partial charge in [0.2, 0.25) is 11.8 Å². The molecule has 0 aliphatic heterocycles. The first-order valence-corrected chi connectivity index (χ1v) is 9.86. The maximum atomic E-state index is 13.7. The van der Waals surface area contributed by atoms with Gasteiger partial charge in [0.1, 0.15) is 6.26 Å². The summed E-state index contributed by atoms with van der Waals surface area (Å²) in [6.45, 7) is 1.77. The van der Waals surface area contributed by atoms with Crippen LogP contribution >= 0.6 is 0 Å². The zero-order valence-electron chi connectivity index (χ0n) is 17.7. The third-order valence-corrected chi connectivity index (χ3v) is 4.93. The average Bonchev–Trinajstić information content (AvgIpc) is 3.31. The molecule has 170 valence electrons. The van der Waals surface area contributed by atoms with Gasteiger partial charge in [-0.25, -0.2) is 18.2 Å². The van der Waals surface area contributed by atoms with Gasteiger partial charge in [-0.2, -0.15) is 4.98 Å². The molecule has 4 rings (SSSR count). The Kier molecular flexibility index (Phi) is 6.27. The van der Waals surface area contributed by atoms with Crippen LogP contribution in [-0.4, -0.2) is 21.6 Å². The Labute approximate surface area is 186 Å². The number of hydrogen-bond donors (Lipinski definition) is 1. The van der Waals surface area contributed by atoms with Crippen LogP contribution in [0.4, 0.5) is 24.8 Å². The van der Waals surface area contributed by atoms with E-state index in [-0.39, 0.29) is 30.2 Å². The Morgan fingerprint density at radius 2 is 1.91 bits per heavy atom. The number of nitrogens with one attached hydrogen (secondary N) is 1. The summed E-state index contributed by atoms with van der Waals surface area (Å²) in [6, 6.07) is 7.24. The fourth-order valence-electron chi connectivity index (χ4n) is 3.28. The highest BCUT2D eigenvalue weighted by atomic mass is 19.2. The number of aryl methyl sites for hydroxylation is 1. The van der Waals surface area contributed by atoms with E-state index in [1.54, 1.807) is 6.07 Å². The molecule has 0 atom stereocenters. The first-order valence-electron chi connectivity index (χ1n) is 9.86. The van der Waals surface area contributed by atoms with E-state index in [0.717, 1.165) is 17.7 Å². The van der Waals surface area contributed by atoms with Gasteiger partial charge in [0.25, 0.3) is 5.56 Å². The second-order valence-electron chi connectivity index (χ2n) is 7.32. The molecule has 1 N–H and O–H groups in total. The molecule has 2 aromatic heterocycles. The van der Waals surface area contributed by atoms with E-state index in [1.807, 2.05) is 19.1 Å². The molecule has 2 heterocycles. The van der Waals surface area contributed by atoms with E-state index >= 15 is 0 Å². The van der Waals surface area contributed by atoms with Crippen LogP contribution in [0.25, 0.3) is 11.5 Å². The molecule has 2 aromatic carbocycles. The first kappa shape index (κ1) is 22.3. The number of halogens is 3. The number of anilines is 2. The van der Waals surface area contributed by atoms with Crippen molar-refractivity contribution in [2.75, 3.05) is 12.4 Å². The predicted molar refractivity (Wildman–Crippen MR) is 115 cm³/mol. The lowest BCUT2D eigenvalue weighted by molar-refractivity contribution is 0.183. The van der Waals surface area contributed by atoms with E-state index in [1.165, 1.54) is 30.3 Å². The molecule has 0 unspecified atom stereocenters. The number of hydrogen-bond acceptors (Lipinski definition) is 6. The van der Waals surface area contributed by atoms with E-state index in [0.29, 0.717) is 17.1 Å². The topological polar surface area (TPSA) is 82.2 Å². The predicted octanol–water partition coefficient (Wildman–Crippen LogP) is 4.56. The van der Waals surface area contributed by atoms with Crippen molar-refractivity contribution in [2.45, 2.75) is 20.1 Å². The number of oxazole rings is 1. The van der Waals surface area contributed by atoms with E-state index < -0.39 is 23.0 Å². The molecule has 0 amide bonds. The molecule has 0 aliphatic carbocycles. The zero-order valence-corrected chi connectivity index (χ0v) is 17.7. The lowest BCUT2D eigenvalue weighted by Crippen LogP contribution is -2.21. The first-order chi connectivity index (χ1) is 15.9. The van der Waals surface area contributed by atoms with Crippen LogP contribution in [0.2, 0.25) is 0 Å². The Morgan fingerprint density at radius 1 is 1.15 bits per heavy atom. The summed E-state index contributed by atoms with van der Waals surface area (Å²) in [5.74, 6) is -3.62. The lowest BCUT2D eigenvalue weighted by atomic mass is 10.1. The summed E-state index contributed by atoms with van der Waals surface area (Å²) in [5.41, 5.74) is 2.02. The highest BCUT2D eigenvalue weighted by Crippen LogP contribution is 2.26. The van der Waals surface area contributed by atoms with E-state index in [9.17, 15) is 18.0 Å². The third kappa shape index (κ3) is 4.80. The van der Waals surface area contributed by atoms with Crippen LogP contribution in [0.1, 0.15) is 16.7 Å². The summed E-state index contributed by atoms with van der Waals surface area (Å²) >= 11 is 0. The number of benzene rings is 2. The van der Waals surface area contributed by atoms with Crippen molar-refractivity contribution in [2.24, 2.45) is 0 Å². The van der Waals surface area contributed by atoms with Crippen molar-refractivity contribution in [3.05, 3.63) is 93.5 Å². The maximum absolute atomic E-state index is 13.7. The van der Waals surface area contributed by atoms with Crippen molar-refractivity contribution < 1.29 is 22.3 Å². The molecule has 0 saturated carbocycles. The van der Waals surface area contributed by atoms with Gasteiger partial charge in [0.15, 0.2) is 17.5 Å². The Bertz CT molecular complexity index is 1330. The minimum absolute atomic E-state index is 0.00305. The standard InChI is InChI=1S/C23H19F3N4O3/c1-13-3-4-15(22-27-5-6-33-22)9-19(13)28-23-29-21(31)16(12-32-2)11-30(23)10-14-7-17(24)20(26)18(25)8-14/h3-9,11H,10,12H2,1-2H3,(H,28,29,31). The van der Waals surface area contributed by atoms with E-state index in [2.05, 4.69) is 15.3 Å². The van der Waals surface area contributed by atoms with E-state index in [4.69, 9.17) is 9.15 Å². The molecule has 7 nitrogen and oxygen atoms in total. The minimum Gasteiger partial charge on any atom is -0.445 e. The maximum Gasteiger partial charge on any atom is 0.279 e. The lowest BCUT2D eigenvalue weighted by Gasteiger charge is -2.17. The van der Waals surface area contributed by atoms with Gasteiger partial charge in [-0.15, -0.1) is 0 Å². The largest absolute Gasteiger partial charge is 0.445 e. The van der Waals surface area contributed by atoms with Gasteiger partial charge in [-0.05, 0) is 42.3 Å². The van der Waals surface area contributed by atoms with Crippen LogP contribution in [0.5, 0.6) is 0 Å². The van der Waals surface area contributed by atoms with Crippen LogP contribution in [0, 0.1) is 24.4 Å². The second kappa shape index (κ2) is 9.29. The number of ether oxygens (including phenoxy) is 1. The third-order valence-electron chi connectivity index (χ3n) is 4.93. The zero-order chi connectivity index (χ0) is 23.5. The van der Waals surface area contributed by atoms with Crippen molar-refractivity contribution in [3.8, 4) is 11.5 Å². The minimum atomic E-state index is -1.55. The van der Waals surface area contributed by atoms with Crippen LogP contribution in [0.3, 0.4) is 0 Å². The van der Waals surface area contributed by atoms with Gasteiger partial charge >= 0.3 is 0 Å². The molecule has 0 aliphatic rings. The molecule has 4 aromatic rings. The summed E-state index contributed by atoms with van der Waals surface area (Å²) < 4.78 is 52.7. The molecular weight excluding hydrogens is 437 g/mol. The van der Waals surface area contributed by atoms with Gasteiger partial charge in [-0.1, -0.05) is 6.07 Å². The monoisotopic (exact) mass is 456 g/mol. The smallest absolute Gasteiger partial charge is 0.279 e. The van der Waals surface area contributed by atoms with Crippen molar-refractivity contribution >= 4 is 11.6 Å². The molecule has 0 radical (unpaired) electrons. The van der Waals surface area contributed by atoms with Crippen molar-refractivity contribution in [1.29, 1.82) is 0 Å². The average molecular weight is 456 g/mol. The quantitative estimate of drug-likeness (QED) is 0.411. The molecule has 0 fully saturated rings. The molecule has 0 spiro atoms. The number of nitrogens with zero attached hydrogens (tertiary/aromatic N) is 3. The van der Waals surface area contributed by atoms with Crippen LogP contribution < -0.4 is 10.9 Å². The fraction of sp³-hybridized carbons (Fsp3) is 0.174. The Morgan fingerprint density at radius 3 is 2.58 bits per heavy atom. The van der Waals surface area contributed by atoms with Crippen LogP contribution in [-0.2, 0) is 17.9 Å². The normalized spacial score (nSPS) is 11.1. The summed E-state index contributed by atoms with van der Waals surface area (Å²) in [7, 11) is 1.43. The summed E-state index contributed by atoms with van der Waals surface area (Å²) in [5, 5.41) is 3.09. The van der Waals surface area contributed by atoms with Gasteiger partial charge in [0.05, 0.1) is 24.9 Å². The molecule has 10 heteroatoms.